The van der Waals surface area contributed by atoms with Gasteiger partial charge in [-0.15, -0.1) is 5.10 Å². The molecule has 1 aromatic carbocycles. The number of piperazine rings is 1. The van der Waals surface area contributed by atoms with E-state index in [1.807, 2.05) is 4.90 Å². The molecule has 2 aliphatic heterocycles. The summed E-state index contributed by atoms with van der Waals surface area (Å²) in [7, 11) is 0. The molecule has 0 bridgehead atoms. The second kappa shape index (κ2) is 6.17. The van der Waals surface area contributed by atoms with Gasteiger partial charge in [-0.2, -0.15) is 18.4 Å². The van der Waals surface area contributed by atoms with Gasteiger partial charge in [-0.05, 0) is 17.3 Å². The van der Waals surface area contributed by atoms with Crippen LogP contribution in [0.4, 0.5) is 19.1 Å². The number of tetrazole rings is 1. The minimum absolute atomic E-state index is 0.0680. The molecule has 10 heteroatoms. The van der Waals surface area contributed by atoms with Crippen molar-refractivity contribution in [1.82, 2.24) is 25.5 Å². The van der Waals surface area contributed by atoms with Crippen molar-refractivity contribution in [2.24, 2.45) is 0 Å². The number of rotatable bonds is 2. The summed E-state index contributed by atoms with van der Waals surface area (Å²) in [5.41, 5.74) is 0.154. The van der Waals surface area contributed by atoms with Crippen LogP contribution in [0, 0.1) is 0 Å². The van der Waals surface area contributed by atoms with Crippen LogP contribution in [0.5, 0.6) is 5.75 Å². The van der Waals surface area contributed by atoms with E-state index in [9.17, 15) is 13.2 Å². The maximum absolute atomic E-state index is 12.9. The lowest BCUT2D eigenvalue weighted by atomic mass is 9.96. The van der Waals surface area contributed by atoms with Crippen molar-refractivity contribution in [2.75, 3.05) is 37.7 Å². The summed E-state index contributed by atoms with van der Waals surface area (Å²) >= 11 is 0. The van der Waals surface area contributed by atoms with Crippen molar-refractivity contribution in [3.63, 3.8) is 0 Å². The third kappa shape index (κ3) is 3.13. The molecule has 25 heavy (non-hydrogen) atoms. The Labute approximate surface area is 141 Å². The molecule has 0 aliphatic carbocycles. The molecule has 0 saturated carbocycles. The summed E-state index contributed by atoms with van der Waals surface area (Å²) < 4.78 is 44.2. The minimum Gasteiger partial charge on any atom is -0.493 e. The monoisotopic (exact) mass is 354 g/mol. The van der Waals surface area contributed by atoms with E-state index in [0.29, 0.717) is 18.3 Å². The van der Waals surface area contributed by atoms with Crippen LogP contribution in [0.3, 0.4) is 0 Å². The number of halogens is 3. The predicted molar refractivity (Wildman–Crippen MR) is 82.3 cm³/mol. The Morgan fingerprint density at radius 2 is 1.96 bits per heavy atom. The van der Waals surface area contributed by atoms with Gasteiger partial charge < -0.3 is 9.64 Å². The van der Waals surface area contributed by atoms with Gasteiger partial charge in [0.05, 0.1) is 12.2 Å². The smallest absolute Gasteiger partial charge is 0.416 e. The van der Waals surface area contributed by atoms with Crippen molar-refractivity contribution in [1.29, 1.82) is 0 Å². The number of aromatic nitrogens is 4. The number of hydrogen-bond acceptors (Lipinski definition) is 6. The number of ether oxygens (including phenoxy) is 1. The molecule has 0 radical (unpaired) electrons. The van der Waals surface area contributed by atoms with Gasteiger partial charge in [-0.1, -0.05) is 11.2 Å². The van der Waals surface area contributed by atoms with E-state index in [1.165, 1.54) is 0 Å². The molecule has 0 spiro atoms. The standard InChI is InChI=1S/C15H17F3N6O/c16-15(17,18)10-1-2-11-12(3-8-25-13(11)9-10)23-4-6-24(7-5-23)14-19-21-22-20-14/h1-2,9,12H,3-8H2,(H,19,20,21,22). The number of hydrogen-bond donors (Lipinski definition) is 1. The van der Waals surface area contributed by atoms with Gasteiger partial charge in [0.25, 0.3) is 5.95 Å². The van der Waals surface area contributed by atoms with Crippen LogP contribution in [-0.4, -0.2) is 58.3 Å². The van der Waals surface area contributed by atoms with E-state index >= 15 is 0 Å². The normalized spacial score (nSPS) is 21.7. The highest BCUT2D eigenvalue weighted by molar-refractivity contribution is 5.42. The number of nitrogens with zero attached hydrogens (tertiary/aromatic N) is 5. The van der Waals surface area contributed by atoms with Gasteiger partial charge in [0.15, 0.2) is 0 Å². The van der Waals surface area contributed by atoms with E-state index in [0.717, 1.165) is 50.3 Å². The fourth-order valence-electron chi connectivity index (χ4n) is 3.45. The van der Waals surface area contributed by atoms with Crippen LogP contribution in [0.1, 0.15) is 23.6 Å². The fourth-order valence-corrected chi connectivity index (χ4v) is 3.45. The molecule has 134 valence electrons. The van der Waals surface area contributed by atoms with Crippen LogP contribution in [0.2, 0.25) is 0 Å². The van der Waals surface area contributed by atoms with Gasteiger partial charge in [0.1, 0.15) is 5.75 Å². The number of nitrogens with one attached hydrogen (secondary N) is 1. The van der Waals surface area contributed by atoms with E-state index in [2.05, 4.69) is 25.5 Å². The van der Waals surface area contributed by atoms with Gasteiger partial charge >= 0.3 is 6.18 Å². The van der Waals surface area contributed by atoms with E-state index < -0.39 is 11.7 Å². The first kappa shape index (κ1) is 16.1. The maximum Gasteiger partial charge on any atom is 0.416 e. The average molecular weight is 354 g/mol. The molecule has 4 rings (SSSR count). The third-order valence-corrected chi connectivity index (χ3v) is 4.72. The summed E-state index contributed by atoms with van der Waals surface area (Å²) in [5, 5.41) is 14.0. The molecular formula is C15H17F3N6O. The highest BCUT2D eigenvalue weighted by Crippen LogP contribution is 2.40. The summed E-state index contributed by atoms with van der Waals surface area (Å²) in [6.07, 6.45) is -3.60. The third-order valence-electron chi connectivity index (χ3n) is 4.72. The number of H-pyrrole nitrogens is 1. The Balaban J connectivity index is 1.50. The van der Waals surface area contributed by atoms with Crippen molar-refractivity contribution in [3.05, 3.63) is 29.3 Å². The highest BCUT2D eigenvalue weighted by atomic mass is 19.4. The molecule has 1 aromatic heterocycles. The van der Waals surface area contributed by atoms with Gasteiger partial charge in [-0.25, -0.2) is 0 Å². The van der Waals surface area contributed by atoms with Crippen LogP contribution in [-0.2, 0) is 6.18 Å². The number of benzene rings is 1. The van der Waals surface area contributed by atoms with Crippen LogP contribution in [0.25, 0.3) is 0 Å². The molecule has 1 unspecified atom stereocenters. The Morgan fingerprint density at radius 3 is 2.64 bits per heavy atom. The first-order valence-electron chi connectivity index (χ1n) is 8.09. The second-order valence-corrected chi connectivity index (χ2v) is 6.14. The largest absolute Gasteiger partial charge is 0.493 e. The van der Waals surface area contributed by atoms with Gasteiger partial charge in [-0.3, -0.25) is 4.90 Å². The molecule has 1 N–H and O–H groups in total. The van der Waals surface area contributed by atoms with E-state index in [4.69, 9.17) is 4.74 Å². The predicted octanol–water partition coefficient (Wildman–Crippen LogP) is 1.86. The number of alkyl halides is 3. The summed E-state index contributed by atoms with van der Waals surface area (Å²) in [5.74, 6) is 0.911. The van der Waals surface area contributed by atoms with Crippen molar-refractivity contribution < 1.29 is 17.9 Å². The Kier molecular flexibility index (Phi) is 3.98. The first-order valence-corrected chi connectivity index (χ1v) is 8.09. The topological polar surface area (TPSA) is 70.2 Å². The van der Waals surface area contributed by atoms with Gasteiger partial charge in [0.2, 0.25) is 0 Å². The Morgan fingerprint density at radius 1 is 1.16 bits per heavy atom. The maximum atomic E-state index is 12.9. The quantitative estimate of drug-likeness (QED) is 0.888. The highest BCUT2D eigenvalue weighted by Gasteiger charge is 2.35. The lowest BCUT2D eigenvalue weighted by molar-refractivity contribution is -0.137. The lowest BCUT2D eigenvalue weighted by Gasteiger charge is -2.41. The van der Waals surface area contributed by atoms with Crippen molar-refractivity contribution in [3.8, 4) is 5.75 Å². The van der Waals surface area contributed by atoms with Gasteiger partial charge in [0, 0.05) is 44.2 Å². The van der Waals surface area contributed by atoms with Crippen molar-refractivity contribution in [2.45, 2.75) is 18.6 Å². The Bertz CT molecular complexity index is 727. The molecule has 2 aliphatic rings. The molecule has 7 nitrogen and oxygen atoms in total. The minimum atomic E-state index is -4.36. The van der Waals surface area contributed by atoms with Crippen LogP contribution in [0.15, 0.2) is 18.2 Å². The summed E-state index contributed by atoms with van der Waals surface area (Å²) in [6.45, 7) is 3.46. The summed E-state index contributed by atoms with van der Waals surface area (Å²) in [6, 6.07) is 3.86. The molecule has 1 saturated heterocycles. The van der Waals surface area contributed by atoms with E-state index in [-0.39, 0.29) is 6.04 Å². The van der Waals surface area contributed by atoms with Crippen LogP contribution >= 0.6 is 0 Å². The average Bonchev–Trinajstić information content (AvgIpc) is 3.15. The molecule has 1 atom stereocenters. The molecule has 1 fully saturated rings. The SMILES string of the molecule is FC(F)(F)c1ccc2c(c1)OCCC2N1CCN(c2nn[nH]n2)CC1. The number of anilines is 1. The second-order valence-electron chi connectivity index (χ2n) is 6.14. The zero-order valence-corrected chi connectivity index (χ0v) is 13.3. The molecule has 3 heterocycles. The first-order chi connectivity index (χ1) is 12.0. The molecule has 2 aromatic rings. The molecule has 0 amide bonds. The number of aromatic amines is 1. The fraction of sp³-hybridized carbons (Fsp3) is 0.533. The zero-order valence-electron chi connectivity index (χ0n) is 13.3. The molecular weight excluding hydrogens is 337 g/mol. The zero-order chi connectivity index (χ0) is 17.4. The van der Waals surface area contributed by atoms with E-state index in [1.54, 1.807) is 6.07 Å². The number of fused-ring (bicyclic) bond motifs is 1. The van der Waals surface area contributed by atoms with Crippen molar-refractivity contribution >= 4 is 5.95 Å². The Hall–Kier alpha value is -2.36. The lowest BCUT2D eigenvalue weighted by Crippen LogP contribution is -2.48. The summed E-state index contributed by atoms with van der Waals surface area (Å²) in [4.78, 5) is 4.32. The van der Waals surface area contributed by atoms with Crippen LogP contribution < -0.4 is 9.64 Å².